The lowest BCUT2D eigenvalue weighted by atomic mass is 9.93. The number of nitro groups is 1. The van der Waals surface area contributed by atoms with E-state index >= 15 is 0 Å². The number of hydrogen-bond donors (Lipinski definition) is 1. The van der Waals surface area contributed by atoms with Crippen molar-refractivity contribution in [2.75, 3.05) is 10.2 Å². The third-order valence-corrected chi connectivity index (χ3v) is 3.88. The van der Waals surface area contributed by atoms with Crippen LogP contribution in [0, 0.1) is 10.1 Å². The number of aromatic nitrogens is 1. The van der Waals surface area contributed by atoms with Gasteiger partial charge in [-0.2, -0.15) is 4.90 Å². The molecule has 1 aromatic heterocycles. The Bertz CT molecular complexity index is 765. The minimum atomic E-state index is -0.984. The van der Waals surface area contributed by atoms with E-state index in [1.807, 2.05) is 0 Å². The summed E-state index contributed by atoms with van der Waals surface area (Å²) in [5, 5.41) is 14.4. The standard InChI is InChI=1S/C19H28N4O6/c1-18(2,3)28-16(24)22(17(25)29-19(4,5)6)14-11-10-13(23(26)27)15(21-14)20-12-8-7-9-12/h10-12H,7-9H2,1-6H3,(H,20,21). The molecule has 1 heterocycles. The molecule has 0 atom stereocenters. The van der Waals surface area contributed by atoms with Crippen LogP contribution in [-0.4, -0.2) is 39.3 Å². The van der Waals surface area contributed by atoms with Crippen molar-refractivity contribution in [1.82, 2.24) is 4.98 Å². The number of rotatable bonds is 4. The number of imide groups is 1. The molecule has 0 spiro atoms. The van der Waals surface area contributed by atoms with Crippen LogP contribution in [0.3, 0.4) is 0 Å². The van der Waals surface area contributed by atoms with Crippen LogP contribution in [0.15, 0.2) is 12.1 Å². The van der Waals surface area contributed by atoms with Gasteiger partial charge in [0.2, 0.25) is 5.82 Å². The molecule has 0 bridgehead atoms. The van der Waals surface area contributed by atoms with Gasteiger partial charge in [-0.1, -0.05) is 0 Å². The summed E-state index contributed by atoms with van der Waals surface area (Å²) >= 11 is 0. The number of amides is 2. The molecular formula is C19H28N4O6. The van der Waals surface area contributed by atoms with Gasteiger partial charge < -0.3 is 14.8 Å². The van der Waals surface area contributed by atoms with E-state index in [1.165, 1.54) is 12.1 Å². The Kier molecular flexibility index (Phi) is 6.34. The maximum Gasteiger partial charge on any atom is 0.425 e. The number of hydrogen-bond acceptors (Lipinski definition) is 8. The molecule has 1 aromatic rings. The van der Waals surface area contributed by atoms with E-state index in [0.29, 0.717) is 4.90 Å². The first kappa shape index (κ1) is 22.4. The van der Waals surface area contributed by atoms with Crippen molar-refractivity contribution in [3.8, 4) is 0 Å². The highest BCUT2D eigenvalue weighted by molar-refractivity contribution is 6.09. The van der Waals surface area contributed by atoms with E-state index in [0.717, 1.165) is 19.3 Å². The van der Waals surface area contributed by atoms with E-state index < -0.39 is 28.3 Å². The molecule has 29 heavy (non-hydrogen) atoms. The van der Waals surface area contributed by atoms with E-state index in [1.54, 1.807) is 41.5 Å². The number of anilines is 2. The van der Waals surface area contributed by atoms with Crippen molar-refractivity contribution in [2.45, 2.75) is 78.0 Å². The zero-order valence-electron chi connectivity index (χ0n) is 17.6. The summed E-state index contributed by atoms with van der Waals surface area (Å²) < 4.78 is 10.6. The number of nitrogens with zero attached hydrogens (tertiary/aromatic N) is 3. The Morgan fingerprint density at radius 3 is 2.00 bits per heavy atom. The summed E-state index contributed by atoms with van der Waals surface area (Å²) in [7, 11) is 0. The van der Waals surface area contributed by atoms with Gasteiger partial charge in [-0.3, -0.25) is 10.1 Å². The average molecular weight is 408 g/mol. The fourth-order valence-electron chi connectivity index (χ4n) is 2.44. The van der Waals surface area contributed by atoms with E-state index in [9.17, 15) is 19.7 Å². The minimum Gasteiger partial charge on any atom is -0.443 e. The molecule has 0 unspecified atom stereocenters. The van der Waals surface area contributed by atoms with Crippen LogP contribution in [0.1, 0.15) is 60.8 Å². The quantitative estimate of drug-likeness (QED) is 0.565. The predicted molar refractivity (Wildman–Crippen MR) is 107 cm³/mol. The Morgan fingerprint density at radius 1 is 1.10 bits per heavy atom. The van der Waals surface area contributed by atoms with Gasteiger partial charge in [0.25, 0.3) is 0 Å². The molecule has 10 nitrogen and oxygen atoms in total. The zero-order valence-corrected chi connectivity index (χ0v) is 17.6. The van der Waals surface area contributed by atoms with Crippen LogP contribution in [0.4, 0.5) is 26.9 Å². The summed E-state index contributed by atoms with van der Waals surface area (Å²) in [5.74, 6) is -0.129. The van der Waals surface area contributed by atoms with E-state index in [-0.39, 0.29) is 23.4 Å². The molecule has 1 aliphatic rings. The summed E-state index contributed by atoms with van der Waals surface area (Å²) in [6, 6.07) is 2.48. The van der Waals surface area contributed by atoms with Gasteiger partial charge in [-0.25, -0.2) is 14.6 Å². The first-order valence-corrected chi connectivity index (χ1v) is 9.45. The molecule has 0 aromatic carbocycles. The van der Waals surface area contributed by atoms with Gasteiger partial charge in [0.15, 0.2) is 5.82 Å². The lowest BCUT2D eigenvalue weighted by molar-refractivity contribution is -0.384. The van der Waals surface area contributed by atoms with Crippen molar-refractivity contribution in [3.63, 3.8) is 0 Å². The molecule has 0 saturated heterocycles. The van der Waals surface area contributed by atoms with Crippen molar-refractivity contribution >= 4 is 29.5 Å². The summed E-state index contributed by atoms with van der Waals surface area (Å²) in [6.45, 7) is 9.95. The third-order valence-electron chi connectivity index (χ3n) is 3.88. The number of nitrogens with one attached hydrogen (secondary N) is 1. The lowest BCUT2D eigenvalue weighted by Crippen LogP contribution is -2.44. The highest BCUT2D eigenvalue weighted by atomic mass is 16.6. The molecule has 2 amide bonds. The Hall–Kier alpha value is -2.91. The molecule has 10 heteroatoms. The number of pyridine rings is 1. The molecule has 1 aliphatic carbocycles. The van der Waals surface area contributed by atoms with Crippen LogP contribution in [0.25, 0.3) is 0 Å². The molecule has 160 valence electrons. The monoisotopic (exact) mass is 408 g/mol. The van der Waals surface area contributed by atoms with Crippen LogP contribution >= 0.6 is 0 Å². The summed E-state index contributed by atoms with van der Waals surface area (Å²) in [4.78, 5) is 41.1. The second-order valence-corrected chi connectivity index (χ2v) is 8.86. The van der Waals surface area contributed by atoms with Gasteiger partial charge >= 0.3 is 17.9 Å². The molecule has 1 N–H and O–H groups in total. The van der Waals surface area contributed by atoms with Crippen LogP contribution in [-0.2, 0) is 9.47 Å². The summed E-state index contributed by atoms with van der Waals surface area (Å²) in [6.07, 6.45) is 0.786. The smallest absolute Gasteiger partial charge is 0.425 e. The third kappa shape index (κ3) is 6.30. The van der Waals surface area contributed by atoms with E-state index in [2.05, 4.69) is 10.3 Å². The number of ether oxygens (including phenoxy) is 2. The van der Waals surface area contributed by atoms with Crippen LogP contribution < -0.4 is 10.2 Å². The largest absolute Gasteiger partial charge is 0.443 e. The Morgan fingerprint density at radius 2 is 1.62 bits per heavy atom. The van der Waals surface area contributed by atoms with E-state index in [4.69, 9.17) is 9.47 Å². The molecule has 1 saturated carbocycles. The summed E-state index contributed by atoms with van der Waals surface area (Å²) in [5.41, 5.74) is -1.98. The lowest BCUT2D eigenvalue weighted by Gasteiger charge is -2.29. The maximum absolute atomic E-state index is 12.7. The van der Waals surface area contributed by atoms with Crippen LogP contribution in [0.2, 0.25) is 0 Å². The minimum absolute atomic E-state index is 0.00526. The van der Waals surface area contributed by atoms with Crippen LogP contribution in [0.5, 0.6) is 0 Å². The maximum atomic E-state index is 12.7. The number of carbonyl (C=O) groups excluding carboxylic acids is 2. The predicted octanol–water partition coefficient (Wildman–Crippen LogP) is 4.63. The SMILES string of the molecule is CC(C)(C)OC(=O)N(C(=O)OC(C)(C)C)c1ccc([N+](=O)[O-])c(NC2CCC2)n1. The molecule has 0 radical (unpaired) electrons. The van der Waals surface area contributed by atoms with Crippen molar-refractivity contribution in [2.24, 2.45) is 0 Å². The highest BCUT2D eigenvalue weighted by Gasteiger charge is 2.35. The molecule has 2 rings (SSSR count). The first-order chi connectivity index (χ1) is 13.3. The molecule has 1 fully saturated rings. The second kappa shape index (κ2) is 8.22. The Balaban J connectivity index is 2.44. The highest BCUT2D eigenvalue weighted by Crippen LogP contribution is 2.31. The second-order valence-electron chi connectivity index (χ2n) is 8.86. The van der Waals surface area contributed by atoms with Crippen molar-refractivity contribution in [1.29, 1.82) is 0 Å². The van der Waals surface area contributed by atoms with Gasteiger partial charge in [-0.15, -0.1) is 0 Å². The molecule has 0 aliphatic heterocycles. The van der Waals surface area contributed by atoms with Gasteiger partial charge in [-0.05, 0) is 66.9 Å². The van der Waals surface area contributed by atoms with Gasteiger partial charge in [0.05, 0.1) is 4.92 Å². The topological polar surface area (TPSA) is 124 Å². The Labute approximate surface area is 169 Å². The average Bonchev–Trinajstić information content (AvgIpc) is 2.47. The fourth-order valence-corrected chi connectivity index (χ4v) is 2.44. The van der Waals surface area contributed by atoms with Crippen molar-refractivity contribution in [3.05, 3.63) is 22.2 Å². The zero-order chi connectivity index (χ0) is 22.0. The van der Waals surface area contributed by atoms with Crippen molar-refractivity contribution < 1.29 is 24.0 Å². The number of carbonyl (C=O) groups is 2. The fraction of sp³-hybridized carbons (Fsp3) is 0.632. The molecular weight excluding hydrogens is 380 g/mol. The normalized spacial score (nSPS) is 14.6. The van der Waals surface area contributed by atoms with Gasteiger partial charge in [0.1, 0.15) is 11.2 Å². The first-order valence-electron chi connectivity index (χ1n) is 9.45. The van der Waals surface area contributed by atoms with Gasteiger partial charge in [0, 0.05) is 12.1 Å².